The molecule has 1 aromatic rings. The molecule has 0 aromatic heterocycles. The van der Waals surface area contributed by atoms with Gasteiger partial charge in [-0.3, -0.25) is 4.79 Å². The number of nitrogens with one attached hydrogen (secondary N) is 1. The van der Waals surface area contributed by atoms with Crippen molar-refractivity contribution in [1.82, 2.24) is 5.32 Å². The lowest BCUT2D eigenvalue weighted by atomic mass is 10.0. The first kappa shape index (κ1) is 11.0. The van der Waals surface area contributed by atoms with Gasteiger partial charge in [-0.1, -0.05) is 18.2 Å². The fourth-order valence-corrected chi connectivity index (χ4v) is 1.39. The van der Waals surface area contributed by atoms with Crippen molar-refractivity contribution < 1.29 is 14.3 Å². The molecule has 0 spiro atoms. The third-order valence-electron chi connectivity index (χ3n) is 2.45. The van der Waals surface area contributed by atoms with Gasteiger partial charge in [0.25, 0.3) is 0 Å². The number of ether oxygens (including phenoxy) is 2. The van der Waals surface area contributed by atoms with Crippen LogP contribution in [0.25, 0.3) is 0 Å². The third kappa shape index (κ3) is 2.97. The van der Waals surface area contributed by atoms with Gasteiger partial charge in [0.1, 0.15) is 19.0 Å². The molecule has 1 saturated heterocycles. The Balaban J connectivity index is 1.60. The highest BCUT2D eigenvalue weighted by Crippen LogP contribution is 2.08. The van der Waals surface area contributed by atoms with Gasteiger partial charge in [0.15, 0.2) is 0 Å². The first-order valence-electron chi connectivity index (χ1n) is 5.41. The lowest BCUT2D eigenvalue weighted by Crippen LogP contribution is -2.47. The Hall–Kier alpha value is -1.55. The Morgan fingerprint density at radius 2 is 2.00 bits per heavy atom. The molecule has 1 heterocycles. The zero-order valence-electron chi connectivity index (χ0n) is 9.02. The fraction of sp³-hybridized carbons (Fsp3) is 0.417. The van der Waals surface area contributed by atoms with Crippen LogP contribution < -0.4 is 10.1 Å². The molecule has 16 heavy (non-hydrogen) atoms. The van der Waals surface area contributed by atoms with Crippen LogP contribution >= 0.6 is 0 Å². The Bertz CT molecular complexity index is 335. The van der Waals surface area contributed by atoms with Gasteiger partial charge in [0.05, 0.1) is 5.92 Å². The molecule has 1 aromatic carbocycles. The molecule has 1 aliphatic rings. The lowest BCUT2D eigenvalue weighted by Gasteiger charge is -2.24. The quantitative estimate of drug-likeness (QED) is 0.591. The Morgan fingerprint density at radius 3 is 2.62 bits per heavy atom. The largest absolute Gasteiger partial charge is 0.490 e. The summed E-state index contributed by atoms with van der Waals surface area (Å²) in [5.41, 5.74) is 0. The summed E-state index contributed by atoms with van der Waals surface area (Å²) in [6.45, 7) is 2.18. The van der Waals surface area contributed by atoms with E-state index in [1.54, 1.807) is 0 Å². The van der Waals surface area contributed by atoms with Crippen molar-refractivity contribution in [2.45, 2.75) is 0 Å². The number of esters is 1. The highest BCUT2D eigenvalue weighted by Gasteiger charge is 2.25. The number of carbonyl (C=O) groups excluding carboxylic acids is 1. The van der Waals surface area contributed by atoms with Gasteiger partial charge in [-0.15, -0.1) is 0 Å². The van der Waals surface area contributed by atoms with E-state index in [4.69, 9.17) is 9.47 Å². The zero-order chi connectivity index (χ0) is 11.2. The molecular weight excluding hydrogens is 206 g/mol. The average Bonchev–Trinajstić information content (AvgIpc) is 2.23. The second kappa shape index (κ2) is 5.51. The molecule has 0 radical (unpaired) electrons. The van der Waals surface area contributed by atoms with E-state index < -0.39 is 0 Å². The summed E-state index contributed by atoms with van der Waals surface area (Å²) in [5, 5.41) is 3.03. The number of rotatable bonds is 5. The normalized spacial score (nSPS) is 15.2. The smallest absolute Gasteiger partial charge is 0.311 e. The predicted octanol–water partition coefficient (Wildman–Crippen LogP) is 0.828. The molecule has 0 amide bonds. The summed E-state index contributed by atoms with van der Waals surface area (Å²) in [7, 11) is 0. The molecule has 2 rings (SSSR count). The van der Waals surface area contributed by atoms with Crippen molar-refractivity contribution in [1.29, 1.82) is 0 Å². The van der Waals surface area contributed by atoms with Crippen LogP contribution in [-0.2, 0) is 9.53 Å². The highest BCUT2D eigenvalue weighted by molar-refractivity contribution is 5.73. The molecular formula is C12H15NO3. The second-order valence-corrected chi connectivity index (χ2v) is 3.68. The van der Waals surface area contributed by atoms with Crippen LogP contribution in [-0.4, -0.2) is 32.3 Å². The lowest BCUT2D eigenvalue weighted by molar-refractivity contribution is -0.150. The van der Waals surface area contributed by atoms with Crippen LogP contribution in [0.15, 0.2) is 30.3 Å². The maximum absolute atomic E-state index is 11.3. The van der Waals surface area contributed by atoms with Gasteiger partial charge in [0, 0.05) is 13.1 Å². The van der Waals surface area contributed by atoms with Gasteiger partial charge >= 0.3 is 5.97 Å². The second-order valence-electron chi connectivity index (χ2n) is 3.68. The van der Waals surface area contributed by atoms with Gasteiger partial charge < -0.3 is 14.8 Å². The van der Waals surface area contributed by atoms with Crippen molar-refractivity contribution in [2.75, 3.05) is 26.3 Å². The van der Waals surface area contributed by atoms with Crippen molar-refractivity contribution in [3.8, 4) is 5.75 Å². The minimum Gasteiger partial charge on any atom is -0.490 e. The van der Waals surface area contributed by atoms with E-state index in [1.165, 1.54) is 0 Å². The molecule has 86 valence electrons. The van der Waals surface area contributed by atoms with Crippen LogP contribution in [0.5, 0.6) is 5.75 Å². The first-order valence-corrected chi connectivity index (χ1v) is 5.41. The van der Waals surface area contributed by atoms with E-state index in [1.807, 2.05) is 30.3 Å². The summed E-state index contributed by atoms with van der Waals surface area (Å²) in [5.74, 6) is 0.705. The standard InChI is InChI=1S/C12H15NO3/c14-12(10-8-13-9-10)16-7-6-15-11-4-2-1-3-5-11/h1-5,10,13H,6-9H2. The van der Waals surface area contributed by atoms with Crippen LogP contribution in [0.1, 0.15) is 0 Å². The summed E-state index contributed by atoms with van der Waals surface area (Å²) < 4.78 is 10.5. The molecule has 1 fully saturated rings. The monoisotopic (exact) mass is 221 g/mol. The number of para-hydroxylation sites is 1. The Morgan fingerprint density at radius 1 is 1.25 bits per heavy atom. The van der Waals surface area contributed by atoms with E-state index in [-0.39, 0.29) is 11.9 Å². The minimum absolute atomic E-state index is 0.0386. The highest BCUT2D eigenvalue weighted by atomic mass is 16.6. The van der Waals surface area contributed by atoms with Gasteiger partial charge in [0.2, 0.25) is 0 Å². The van der Waals surface area contributed by atoms with Crippen molar-refractivity contribution >= 4 is 5.97 Å². The molecule has 0 aliphatic carbocycles. The summed E-state index contributed by atoms with van der Waals surface area (Å²) >= 11 is 0. The number of benzene rings is 1. The molecule has 0 atom stereocenters. The van der Waals surface area contributed by atoms with Crippen molar-refractivity contribution in [2.24, 2.45) is 5.92 Å². The summed E-state index contributed by atoms with van der Waals surface area (Å²) in [4.78, 5) is 11.3. The van der Waals surface area contributed by atoms with E-state index in [0.29, 0.717) is 13.2 Å². The summed E-state index contributed by atoms with van der Waals surface area (Å²) in [6, 6.07) is 9.48. The third-order valence-corrected chi connectivity index (χ3v) is 2.45. The first-order chi connectivity index (χ1) is 7.86. The molecule has 4 heteroatoms. The maximum atomic E-state index is 11.3. The SMILES string of the molecule is O=C(OCCOc1ccccc1)C1CNC1. The molecule has 0 unspecified atom stereocenters. The number of carbonyl (C=O) groups is 1. The van der Waals surface area contributed by atoms with E-state index in [0.717, 1.165) is 18.8 Å². The van der Waals surface area contributed by atoms with Gasteiger partial charge in [-0.05, 0) is 12.1 Å². The number of hydrogen-bond acceptors (Lipinski definition) is 4. The van der Waals surface area contributed by atoms with Crippen molar-refractivity contribution in [3.05, 3.63) is 30.3 Å². The van der Waals surface area contributed by atoms with Gasteiger partial charge in [-0.25, -0.2) is 0 Å². The van der Waals surface area contributed by atoms with E-state index in [2.05, 4.69) is 5.32 Å². The molecule has 4 nitrogen and oxygen atoms in total. The minimum atomic E-state index is -0.129. The van der Waals surface area contributed by atoms with Gasteiger partial charge in [-0.2, -0.15) is 0 Å². The Kier molecular flexibility index (Phi) is 3.77. The maximum Gasteiger partial charge on any atom is 0.311 e. The van der Waals surface area contributed by atoms with Crippen molar-refractivity contribution in [3.63, 3.8) is 0 Å². The topological polar surface area (TPSA) is 47.6 Å². The van der Waals surface area contributed by atoms with E-state index >= 15 is 0 Å². The Labute approximate surface area is 94.6 Å². The average molecular weight is 221 g/mol. The predicted molar refractivity (Wildman–Crippen MR) is 59.3 cm³/mol. The summed E-state index contributed by atoms with van der Waals surface area (Å²) in [6.07, 6.45) is 0. The molecule has 0 saturated carbocycles. The van der Waals surface area contributed by atoms with Crippen LogP contribution in [0.4, 0.5) is 0 Å². The fourth-order valence-electron chi connectivity index (χ4n) is 1.39. The molecule has 1 aliphatic heterocycles. The van der Waals surface area contributed by atoms with Crippen LogP contribution in [0, 0.1) is 5.92 Å². The van der Waals surface area contributed by atoms with Crippen LogP contribution in [0.2, 0.25) is 0 Å². The van der Waals surface area contributed by atoms with E-state index in [9.17, 15) is 4.79 Å². The molecule has 0 bridgehead atoms. The van der Waals surface area contributed by atoms with Crippen LogP contribution in [0.3, 0.4) is 0 Å². The zero-order valence-corrected chi connectivity index (χ0v) is 9.02. The number of hydrogen-bond donors (Lipinski definition) is 1. The molecule has 1 N–H and O–H groups in total.